The summed E-state index contributed by atoms with van der Waals surface area (Å²) in [6.07, 6.45) is 1.69. The third kappa shape index (κ3) is 3.25. The van der Waals surface area contributed by atoms with Gasteiger partial charge < -0.3 is 21.8 Å². The molecule has 19 heavy (non-hydrogen) atoms. The molecule has 6 N–H and O–H groups in total. The van der Waals surface area contributed by atoms with Crippen LogP contribution in [0.5, 0.6) is 0 Å². The standard InChI is InChI=1S/C14H15N4O/c15-12-5-1-10(2-6-12)9-14(18(17)19)11-3-7-13(16)8-4-11/h1-9H,15-17H2/q-1/b14-9-. The van der Waals surface area contributed by atoms with Gasteiger partial charge in [0.05, 0.1) is 0 Å². The number of hydroxylamine groups is 1. The molecule has 2 aromatic rings. The Morgan fingerprint density at radius 2 is 1.37 bits per heavy atom. The second-order valence-corrected chi connectivity index (χ2v) is 4.14. The van der Waals surface area contributed by atoms with Crippen molar-refractivity contribution in [2.24, 2.45) is 5.84 Å². The monoisotopic (exact) mass is 255 g/mol. The minimum absolute atomic E-state index is 0.335. The molecule has 0 aliphatic carbocycles. The second-order valence-electron chi connectivity index (χ2n) is 4.14. The highest BCUT2D eigenvalue weighted by Crippen LogP contribution is 2.21. The Kier molecular flexibility index (Phi) is 3.70. The molecule has 0 unspecified atom stereocenters. The fourth-order valence-electron chi connectivity index (χ4n) is 1.68. The molecule has 0 saturated heterocycles. The summed E-state index contributed by atoms with van der Waals surface area (Å²) in [5.41, 5.74) is 14.4. The quantitative estimate of drug-likeness (QED) is 0.337. The van der Waals surface area contributed by atoms with Gasteiger partial charge in [0.2, 0.25) is 0 Å². The summed E-state index contributed by atoms with van der Waals surface area (Å²) in [7, 11) is 0. The van der Waals surface area contributed by atoms with E-state index in [-0.39, 0.29) is 0 Å². The van der Waals surface area contributed by atoms with Crippen LogP contribution in [0.1, 0.15) is 11.1 Å². The van der Waals surface area contributed by atoms with Gasteiger partial charge in [-0.3, -0.25) is 5.84 Å². The molecule has 2 rings (SSSR count). The van der Waals surface area contributed by atoms with Crippen LogP contribution in [0.4, 0.5) is 11.4 Å². The van der Waals surface area contributed by atoms with Crippen LogP contribution in [0.25, 0.3) is 11.8 Å². The maximum Gasteiger partial charge on any atom is 0.0482 e. The maximum absolute atomic E-state index is 11.5. The van der Waals surface area contributed by atoms with Gasteiger partial charge in [0.15, 0.2) is 0 Å². The first-order valence-corrected chi connectivity index (χ1v) is 5.71. The first kappa shape index (κ1) is 12.9. The van der Waals surface area contributed by atoms with E-state index in [9.17, 15) is 5.21 Å². The Morgan fingerprint density at radius 3 is 1.84 bits per heavy atom. The number of hydrogen-bond acceptors (Lipinski definition) is 5. The summed E-state index contributed by atoms with van der Waals surface area (Å²) < 4.78 is 0. The van der Waals surface area contributed by atoms with E-state index in [0.717, 1.165) is 5.56 Å². The molecule has 5 heteroatoms. The number of rotatable bonds is 3. The van der Waals surface area contributed by atoms with E-state index in [4.69, 9.17) is 17.3 Å². The van der Waals surface area contributed by atoms with E-state index in [2.05, 4.69) is 0 Å². The van der Waals surface area contributed by atoms with E-state index >= 15 is 0 Å². The van der Waals surface area contributed by atoms with Gasteiger partial charge in [-0.25, -0.2) is 0 Å². The van der Waals surface area contributed by atoms with Crippen LogP contribution in [-0.4, -0.2) is 5.17 Å². The third-order valence-corrected chi connectivity index (χ3v) is 2.68. The molecule has 0 radical (unpaired) electrons. The van der Waals surface area contributed by atoms with Crippen LogP contribution in [0.2, 0.25) is 0 Å². The van der Waals surface area contributed by atoms with Crippen molar-refractivity contribution >= 4 is 23.1 Å². The predicted molar refractivity (Wildman–Crippen MR) is 79.0 cm³/mol. The largest absolute Gasteiger partial charge is 0.743 e. The lowest BCUT2D eigenvalue weighted by atomic mass is 10.1. The van der Waals surface area contributed by atoms with Crippen LogP contribution in [-0.2, 0) is 0 Å². The molecule has 0 saturated carbocycles. The molecule has 0 atom stereocenters. The molecule has 0 amide bonds. The molecule has 0 bridgehead atoms. The molecule has 5 nitrogen and oxygen atoms in total. The highest BCUT2D eigenvalue weighted by molar-refractivity contribution is 5.81. The smallest absolute Gasteiger partial charge is 0.0482 e. The van der Waals surface area contributed by atoms with E-state index in [1.807, 2.05) is 12.1 Å². The van der Waals surface area contributed by atoms with Gasteiger partial charge in [-0.2, -0.15) is 0 Å². The Balaban J connectivity index is 2.40. The zero-order valence-corrected chi connectivity index (χ0v) is 10.3. The van der Waals surface area contributed by atoms with E-state index in [1.54, 1.807) is 42.5 Å². The summed E-state index contributed by atoms with van der Waals surface area (Å²) in [4.78, 5) is 0. The van der Waals surface area contributed by atoms with Gasteiger partial charge >= 0.3 is 0 Å². The van der Waals surface area contributed by atoms with Crippen molar-refractivity contribution in [3.8, 4) is 0 Å². The highest BCUT2D eigenvalue weighted by atomic mass is 16.5. The average Bonchev–Trinajstić information content (AvgIpc) is 2.39. The second kappa shape index (κ2) is 5.43. The van der Waals surface area contributed by atoms with Crippen molar-refractivity contribution in [2.45, 2.75) is 0 Å². The van der Waals surface area contributed by atoms with Crippen LogP contribution in [0, 0.1) is 5.21 Å². The SMILES string of the molecule is Nc1ccc(/C=C(/c2ccc(N)cc2)N(N)[O-])cc1. The van der Waals surface area contributed by atoms with Crippen LogP contribution >= 0.6 is 0 Å². The first-order chi connectivity index (χ1) is 9.06. The number of benzene rings is 2. The van der Waals surface area contributed by atoms with Crippen LogP contribution in [0.15, 0.2) is 48.5 Å². The molecule has 0 spiro atoms. The number of hydrazine groups is 1. The van der Waals surface area contributed by atoms with Gasteiger partial charge in [-0.15, -0.1) is 0 Å². The molecular weight excluding hydrogens is 240 g/mol. The molecule has 0 fully saturated rings. The highest BCUT2D eigenvalue weighted by Gasteiger charge is 2.02. The zero-order valence-electron chi connectivity index (χ0n) is 10.3. The first-order valence-electron chi connectivity index (χ1n) is 5.71. The summed E-state index contributed by atoms with van der Waals surface area (Å²) in [5.74, 6) is 5.34. The topological polar surface area (TPSA) is 104 Å². The summed E-state index contributed by atoms with van der Waals surface area (Å²) >= 11 is 0. The molecule has 0 aliphatic rings. The Labute approximate surface area is 111 Å². The lowest BCUT2D eigenvalue weighted by molar-refractivity contribution is 0.574. The number of hydrogen-bond donors (Lipinski definition) is 3. The average molecular weight is 255 g/mol. The van der Waals surface area contributed by atoms with Crippen molar-refractivity contribution < 1.29 is 0 Å². The Hall–Kier alpha value is -2.50. The minimum Gasteiger partial charge on any atom is -0.743 e. The van der Waals surface area contributed by atoms with Crippen molar-refractivity contribution in [2.75, 3.05) is 11.5 Å². The lowest BCUT2D eigenvalue weighted by Crippen LogP contribution is -2.22. The van der Waals surface area contributed by atoms with Gasteiger partial charge in [-0.05, 0) is 41.5 Å². The fourth-order valence-corrected chi connectivity index (χ4v) is 1.68. The van der Waals surface area contributed by atoms with Crippen molar-refractivity contribution in [3.63, 3.8) is 0 Å². The Bertz CT molecular complexity index is 573. The van der Waals surface area contributed by atoms with Crippen molar-refractivity contribution in [1.82, 2.24) is 5.17 Å². The molecular formula is C14H15N4O-. The van der Waals surface area contributed by atoms with Crippen molar-refractivity contribution in [1.29, 1.82) is 0 Å². The lowest BCUT2D eigenvalue weighted by Gasteiger charge is -2.27. The molecule has 0 heterocycles. The van der Waals surface area contributed by atoms with E-state index < -0.39 is 0 Å². The van der Waals surface area contributed by atoms with Gasteiger partial charge in [0.25, 0.3) is 0 Å². The van der Waals surface area contributed by atoms with Gasteiger partial charge in [0, 0.05) is 17.1 Å². The van der Waals surface area contributed by atoms with E-state index in [0.29, 0.717) is 27.8 Å². The number of anilines is 2. The summed E-state index contributed by atoms with van der Waals surface area (Å²) in [5, 5.41) is 11.8. The van der Waals surface area contributed by atoms with E-state index in [1.165, 1.54) is 0 Å². The molecule has 0 aromatic heterocycles. The molecule has 0 aliphatic heterocycles. The number of nitrogen functional groups attached to an aromatic ring is 2. The summed E-state index contributed by atoms with van der Waals surface area (Å²) in [6.45, 7) is 0. The predicted octanol–water partition coefficient (Wildman–Crippen LogP) is 2.02. The van der Waals surface area contributed by atoms with Crippen molar-refractivity contribution in [3.05, 3.63) is 64.9 Å². The fraction of sp³-hybridized carbons (Fsp3) is 0. The molecule has 2 aromatic carbocycles. The van der Waals surface area contributed by atoms with Crippen LogP contribution < -0.4 is 17.3 Å². The Morgan fingerprint density at radius 1 is 0.895 bits per heavy atom. The van der Waals surface area contributed by atoms with Gasteiger partial charge in [0.1, 0.15) is 0 Å². The number of nitrogens with two attached hydrogens (primary N) is 3. The minimum atomic E-state index is 0.335. The summed E-state index contributed by atoms with van der Waals surface area (Å²) in [6, 6.07) is 14.1. The molecule has 98 valence electrons. The van der Waals surface area contributed by atoms with Crippen LogP contribution in [0.3, 0.4) is 0 Å². The maximum atomic E-state index is 11.5. The third-order valence-electron chi connectivity index (χ3n) is 2.68. The zero-order chi connectivity index (χ0) is 13.8. The normalized spacial score (nSPS) is 11.4. The number of nitrogens with zero attached hydrogens (tertiary/aromatic N) is 1. The van der Waals surface area contributed by atoms with Gasteiger partial charge in [-0.1, -0.05) is 24.3 Å².